The second-order valence-corrected chi connectivity index (χ2v) is 11.6. The summed E-state index contributed by atoms with van der Waals surface area (Å²) < 4.78 is 44.1. The van der Waals surface area contributed by atoms with E-state index in [9.17, 15) is 17.9 Å². The van der Waals surface area contributed by atoms with E-state index < -0.39 is 21.1 Å². The molecule has 0 aliphatic heterocycles. The molecule has 184 valence electrons. The molecule has 10 heteroatoms. The van der Waals surface area contributed by atoms with Crippen molar-refractivity contribution in [1.29, 1.82) is 0 Å². The number of hydrogen-bond acceptors (Lipinski definition) is 6. The first-order valence-corrected chi connectivity index (χ1v) is 13.2. The van der Waals surface area contributed by atoms with Gasteiger partial charge in [0.05, 0.1) is 34.6 Å². The third-order valence-corrected chi connectivity index (χ3v) is 8.84. The maximum atomic E-state index is 14.9. The van der Waals surface area contributed by atoms with Crippen molar-refractivity contribution in [3.63, 3.8) is 0 Å². The molecular weight excluding hydrogens is 469 g/mol. The van der Waals surface area contributed by atoms with Crippen molar-refractivity contribution >= 4 is 27.0 Å². The molecule has 8 nitrogen and oxygen atoms in total. The number of nitrogen functional groups attached to an aromatic ring is 1. The number of aliphatic hydroxyl groups excluding tert-OH is 1. The van der Waals surface area contributed by atoms with E-state index in [-0.39, 0.29) is 18.1 Å². The number of nitrogens with zero attached hydrogens (tertiary/aromatic N) is 4. The largest absolute Gasteiger partial charge is 0.393 e. The second-order valence-electron chi connectivity index (χ2n) is 9.29. The van der Waals surface area contributed by atoms with Crippen molar-refractivity contribution in [2.24, 2.45) is 0 Å². The lowest BCUT2D eigenvalue weighted by molar-refractivity contribution is 0.111. The zero-order valence-corrected chi connectivity index (χ0v) is 20.4. The maximum absolute atomic E-state index is 14.9. The van der Waals surface area contributed by atoms with Crippen molar-refractivity contribution in [3.05, 3.63) is 54.6 Å². The normalized spacial score (nSPS) is 19.0. The summed E-state index contributed by atoms with van der Waals surface area (Å²) >= 11 is 0. The van der Waals surface area contributed by atoms with Gasteiger partial charge in [0.1, 0.15) is 11.3 Å². The van der Waals surface area contributed by atoms with Gasteiger partial charge >= 0.3 is 0 Å². The van der Waals surface area contributed by atoms with Gasteiger partial charge in [-0.25, -0.2) is 26.7 Å². The molecule has 3 N–H and O–H groups in total. The summed E-state index contributed by atoms with van der Waals surface area (Å²) in [7, 11) is -3.76. The number of aromatic nitrogens is 4. The van der Waals surface area contributed by atoms with Crippen LogP contribution in [0.25, 0.3) is 33.5 Å². The van der Waals surface area contributed by atoms with Crippen molar-refractivity contribution in [1.82, 2.24) is 18.5 Å². The molecule has 0 atom stereocenters. The van der Waals surface area contributed by atoms with Gasteiger partial charge in [-0.1, -0.05) is 24.3 Å². The molecule has 1 fully saturated rings. The van der Waals surface area contributed by atoms with Crippen molar-refractivity contribution < 1.29 is 17.9 Å². The first kappa shape index (κ1) is 23.5. The van der Waals surface area contributed by atoms with Gasteiger partial charge in [0.25, 0.3) is 0 Å². The van der Waals surface area contributed by atoms with Gasteiger partial charge in [-0.3, -0.25) is 0 Å². The average molecular weight is 498 g/mol. The molecule has 0 bridgehead atoms. The van der Waals surface area contributed by atoms with Crippen LogP contribution in [0.3, 0.4) is 0 Å². The molecule has 5 rings (SSSR count). The van der Waals surface area contributed by atoms with E-state index in [1.165, 1.54) is 6.07 Å². The highest BCUT2D eigenvalue weighted by Gasteiger charge is 2.30. The van der Waals surface area contributed by atoms with E-state index in [1.807, 2.05) is 10.6 Å². The van der Waals surface area contributed by atoms with Crippen LogP contribution in [-0.4, -0.2) is 43.4 Å². The number of para-hydroxylation sites is 1. The van der Waals surface area contributed by atoms with E-state index >= 15 is 0 Å². The van der Waals surface area contributed by atoms with Gasteiger partial charge in [-0.05, 0) is 57.7 Å². The minimum absolute atomic E-state index is 0.0514. The summed E-state index contributed by atoms with van der Waals surface area (Å²) in [6, 6.07) is 11.7. The van der Waals surface area contributed by atoms with Crippen LogP contribution in [0.5, 0.6) is 0 Å². The molecule has 0 spiro atoms. The lowest BCUT2D eigenvalue weighted by Crippen LogP contribution is -2.23. The minimum Gasteiger partial charge on any atom is -0.393 e. The van der Waals surface area contributed by atoms with E-state index in [1.54, 1.807) is 50.5 Å². The Balaban J connectivity index is 1.79. The predicted molar refractivity (Wildman–Crippen MR) is 134 cm³/mol. The van der Waals surface area contributed by atoms with Crippen molar-refractivity contribution in [3.8, 4) is 22.5 Å². The van der Waals surface area contributed by atoms with Crippen LogP contribution < -0.4 is 5.73 Å². The average Bonchev–Trinajstić information content (AvgIpc) is 3.40. The van der Waals surface area contributed by atoms with Crippen LogP contribution in [0.4, 0.5) is 10.3 Å². The summed E-state index contributed by atoms with van der Waals surface area (Å²) in [4.78, 5) is 9.07. The van der Waals surface area contributed by atoms with Crippen LogP contribution >= 0.6 is 0 Å². The Morgan fingerprint density at radius 1 is 1.06 bits per heavy atom. The van der Waals surface area contributed by atoms with E-state index in [4.69, 9.17) is 5.73 Å². The van der Waals surface area contributed by atoms with Gasteiger partial charge in [0.15, 0.2) is 0 Å². The molecule has 0 radical (unpaired) electrons. The van der Waals surface area contributed by atoms with Gasteiger partial charge in [-0.2, -0.15) is 0 Å². The molecule has 1 saturated carbocycles. The Labute approximate surface area is 203 Å². The van der Waals surface area contributed by atoms with Crippen LogP contribution in [-0.2, 0) is 10.0 Å². The maximum Gasteiger partial charge on any atom is 0.244 e. The van der Waals surface area contributed by atoms with Crippen molar-refractivity contribution in [2.45, 2.75) is 56.9 Å². The minimum atomic E-state index is -3.76. The Kier molecular flexibility index (Phi) is 5.88. The molecule has 35 heavy (non-hydrogen) atoms. The number of hydrogen-bond donors (Lipinski definition) is 2. The number of anilines is 1. The topological polar surface area (TPSA) is 116 Å². The Morgan fingerprint density at radius 3 is 2.43 bits per heavy atom. The second kappa shape index (κ2) is 8.76. The smallest absolute Gasteiger partial charge is 0.244 e. The summed E-state index contributed by atoms with van der Waals surface area (Å²) in [5.41, 5.74) is 8.96. The molecule has 0 saturated heterocycles. The van der Waals surface area contributed by atoms with Crippen LogP contribution in [0.15, 0.2) is 48.8 Å². The molecular formula is C25H28FN5O3S. The SMILES string of the molecule is CC(C)S(=O)(=O)n1c(N)nc2c(-c3c(-c4ccccc4F)ncn3C3CCC(O)CC3)cccc21. The number of halogens is 1. The fourth-order valence-corrected chi connectivity index (χ4v) is 6.00. The standard InChI is InChI=1S/C25H28FN5O3S/c1-15(2)35(33,34)31-21-9-5-7-19(22(21)29-25(31)27)24-23(18-6-3-4-8-20(18)26)28-14-30(24)16-10-12-17(32)13-11-16/h3-9,14-17,32H,10-13H2,1-2H3,(H2,27,29). The number of imidazole rings is 2. The zero-order valence-electron chi connectivity index (χ0n) is 19.6. The molecule has 2 aromatic carbocycles. The Hall–Kier alpha value is -3.24. The van der Waals surface area contributed by atoms with Gasteiger partial charge < -0.3 is 15.4 Å². The molecule has 0 unspecified atom stereocenters. The lowest BCUT2D eigenvalue weighted by Gasteiger charge is -2.28. The highest BCUT2D eigenvalue weighted by Crippen LogP contribution is 2.41. The van der Waals surface area contributed by atoms with E-state index in [0.717, 1.165) is 16.8 Å². The van der Waals surface area contributed by atoms with Crippen LogP contribution in [0, 0.1) is 5.82 Å². The monoisotopic (exact) mass is 497 g/mol. The van der Waals surface area contributed by atoms with E-state index in [0.29, 0.717) is 46.4 Å². The fraction of sp³-hybridized carbons (Fsp3) is 0.360. The van der Waals surface area contributed by atoms with Gasteiger partial charge in [0.2, 0.25) is 16.0 Å². The molecule has 2 aromatic heterocycles. The summed E-state index contributed by atoms with van der Waals surface area (Å²) in [6.07, 6.45) is 4.18. The van der Waals surface area contributed by atoms with E-state index in [2.05, 4.69) is 9.97 Å². The number of benzene rings is 2. The summed E-state index contributed by atoms with van der Waals surface area (Å²) in [5, 5.41) is 9.32. The molecule has 1 aliphatic carbocycles. The molecule has 1 aliphatic rings. The molecule has 2 heterocycles. The first-order valence-electron chi connectivity index (χ1n) is 11.7. The third kappa shape index (κ3) is 3.90. The summed E-state index contributed by atoms with van der Waals surface area (Å²) in [6.45, 7) is 3.18. The van der Waals surface area contributed by atoms with Crippen LogP contribution in [0.1, 0.15) is 45.6 Å². The third-order valence-electron chi connectivity index (χ3n) is 6.76. The van der Waals surface area contributed by atoms with Gasteiger partial charge in [0, 0.05) is 17.2 Å². The quantitative estimate of drug-likeness (QED) is 0.423. The number of nitrogens with two attached hydrogens (primary N) is 1. The van der Waals surface area contributed by atoms with Gasteiger partial charge in [-0.15, -0.1) is 0 Å². The van der Waals surface area contributed by atoms with Crippen LogP contribution in [0.2, 0.25) is 0 Å². The van der Waals surface area contributed by atoms with Crippen molar-refractivity contribution in [2.75, 3.05) is 5.73 Å². The molecule has 4 aromatic rings. The Morgan fingerprint density at radius 2 is 1.74 bits per heavy atom. The number of rotatable bonds is 5. The highest BCUT2D eigenvalue weighted by atomic mass is 32.2. The number of fused-ring (bicyclic) bond motifs is 1. The fourth-order valence-electron chi connectivity index (χ4n) is 4.86. The first-order chi connectivity index (χ1) is 16.7. The lowest BCUT2D eigenvalue weighted by atomic mass is 9.92. The highest BCUT2D eigenvalue weighted by molar-refractivity contribution is 7.90. The molecule has 0 amide bonds. The zero-order chi connectivity index (χ0) is 24.9. The Bertz CT molecular complexity index is 1500. The number of aliphatic hydroxyl groups is 1. The predicted octanol–water partition coefficient (Wildman–Crippen LogP) is 4.35. The summed E-state index contributed by atoms with van der Waals surface area (Å²) in [5.74, 6) is -0.530.